The van der Waals surface area contributed by atoms with Crippen molar-refractivity contribution in [1.82, 2.24) is 4.90 Å². The second-order valence-corrected chi connectivity index (χ2v) is 8.52. The van der Waals surface area contributed by atoms with E-state index < -0.39 is 6.10 Å². The Hall–Kier alpha value is -2.24. The zero-order valence-electron chi connectivity index (χ0n) is 17.1. The summed E-state index contributed by atoms with van der Waals surface area (Å²) in [6.45, 7) is 10.8. The maximum absolute atomic E-state index is 10.4. The first-order valence-electron chi connectivity index (χ1n) is 9.99. The van der Waals surface area contributed by atoms with Gasteiger partial charge in [-0.3, -0.25) is 4.90 Å². The number of benzene rings is 2. The summed E-state index contributed by atoms with van der Waals surface area (Å²) in [6.07, 6.45) is -0.529. The number of ether oxygens (including phenoxy) is 1. The van der Waals surface area contributed by atoms with Crippen LogP contribution in [0.15, 0.2) is 48.5 Å². The molecule has 2 aromatic rings. The number of aromatic hydroxyl groups is 1. The number of rotatable bonds is 6. The monoisotopic (exact) mass is 384 g/mol. The van der Waals surface area contributed by atoms with Crippen molar-refractivity contribution in [1.29, 1.82) is 0 Å². The third-order valence-corrected chi connectivity index (χ3v) is 5.23. The Morgan fingerprint density at radius 3 is 2.21 bits per heavy atom. The Balaban J connectivity index is 1.42. The van der Waals surface area contributed by atoms with Gasteiger partial charge < -0.3 is 19.8 Å². The number of phenolic OH excluding ortho intramolecular Hbond substituents is 1. The number of hydrogen-bond acceptors (Lipinski definition) is 5. The average molecular weight is 385 g/mol. The van der Waals surface area contributed by atoms with Crippen molar-refractivity contribution in [2.75, 3.05) is 44.2 Å². The summed E-state index contributed by atoms with van der Waals surface area (Å²) in [5, 5.41) is 20.4. The molecule has 0 bridgehead atoms. The number of aliphatic hydroxyl groups is 1. The van der Waals surface area contributed by atoms with Crippen LogP contribution in [0.25, 0.3) is 0 Å². The molecule has 1 aliphatic heterocycles. The fraction of sp³-hybridized carbons (Fsp3) is 0.478. The summed E-state index contributed by atoms with van der Waals surface area (Å²) in [4.78, 5) is 4.43. The van der Waals surface area contributed by atoms with E-state index in [-0.39, 0.29) is 12.0 Å². The van der Waals surface area contributed by atoms with E-state index in [2.05, 4.69) is 42.7 Å². The normalized spacial score (nSPS) is 16.8. The first kappa shape index (κ1) is 20.5. The average Bonchev–Trinajstić information content (AvgIpc) is 2.67. The molecule has 0 aromatic heterocycles. The standard InChI is InChI=1S/C23H32N2O3/c1-23(2,3)18-8-10-20(11-9-18)28-17-19(26)16-24-12-14-25(15-13-24)21-6-4-5-7-22(21)27/h4-11,19,26-27H,12-17H2,1-3H3/t19-/m1/s1. The number of piperazine rings is 1. The van der Waals surface area contributed by atoms with E-state index in [9.17, 15) is 10.2 Å². The van der Waals surface area contributed by atoms with Crippen molar-refractivity contribution in [3.8, 4) is 11.5 Å². The molecule has 3 rings (SSSR count). The zero-order chi connectivity index (χ0) is 20.1. The van der Waals surface area contributed by atoms with E-state index in [1.165, 1.54) is 5.56 Å². The van der Waals surface area contributed by atoms with Crippen molar-refractivity contribution < 1.29 is 14.9 Å². The van der Waals surface area contributed by atoms with Crippen molar-refractivity contribution >= 4 is 5.69 Å². The minimum Gasteiger partial charge on any atom is -0.506 e. The van der Waals surface area contributed by atoms with Gasteiger partial charge in [0, 0.05) is 32.7 Å². The van der Waals surface area contributed by atoms with E-state index >= 15 is 0 Å². The van der Waals surface area contributed by atoms with Crippen molar-refractivity contribution in [2.45, 2.75) is 32.3 Å². The van der Waals surface area contributed by atoms with Crippen LogP contribution in [0.2, 0.25) is 0 Å². The highest BCUT2D eigenvalue weighted by molar-refractivity contribution is 5.57. The summed E-state index contributed by atoms with van der Waals surface area (Å²) in [6, 6.07) is 15.5. The minimum atomic E-state index is -0.529. The van der Waals surface area contributed by atoms with Gasteiger partial charge in [-0.1, -0.05) is 45.0 Å². The highest BCUT2D eigenvalue weighted by Crippen LogP contribution is 2.27. The number of anilines is 1. The molecule has 1 fully saturated rings. The number of para-hydroxylation sites is 2. The predicted molar refractivity (Wildman–Crippen MR) is 113 cm³/mol. The lowest BCUT2D eigenvalue weighted by atomic mass is 9.87. The smallest absolute Gasteiger partial charge is 0.138 e. The van der Waals surface area contributed by atoms with Crippen LogP contribution in [0.5, 0.6) is 11.5 Å². The molecule has 1 saturated heterocycles. The van der Waals surface area contributed by atoms with Crippen LogP contribution in [0.4, 0.5) is 5.69 Å². The molecular weight excluding hydrogens is 352 g/mol. The lowest BCUT2D eigenvalue weighted by Crippen LogP contribution is -2.49. The summed E-state index contributed by atoms with van der Waals surface area (Å²) in [5.41, 5.74) is 2.27. The molecule has 152 valence electrons. The molecule has 1 heterocycles. The summed E-state index contributed by atoms with van der Waals surface area (Å²) >= 11 is 0. The molecule has 28 heavy (non-hydrogen) atoms. The van der Waals surface area contributed by atoms with Crippen LogP contribution >= 0.6 is 0 Å². The van der Waals surface area contributed by atoms with E-state index in [0.717, 1.165) is 37.6 Å². The molecule has 0 radical (unpaired) electrons. The maximum atomic E-state index is 10.4. The SMILES string of the molecule is CC(C)(C)c1ccc(OC[C@H](O)CN2CCN(c3ccccc3O)CC2)cc1. The molecule has 0 saturated carbocycles. The van der Waals surface area contributed by atoms with E-state index in [1.54, 1.807) is 6.07 Å². The van der Waals surface area contributed by atoms with E-state index in [1.807, 2.05) is 30.3 Å². The van der Waals surface area contributed by atoms with E-state index in [4.69, 9.17) is 4.74 Å². The van der Waals surface area contributed by atoms with Gasteiger partial charge in [-0.15, -0.1) is 0 Å². The molecule has 0 unspecified atom stereocenters. The van der Waals surface area contributed by atoms with Gasteiger partial charge in [0.15, 0.2) is 0 Å². The highest BCUT2D eigenvalue weighted by atomic mass is 16.5. The number of hydrogen-bond donors (Lipinski definition) is 2. The van der Waals surface area contributed by atoms with Gasteiger partial charge in [0.05, 0.1) is 5.69 Å². The molecule has 1 aliphatic rings. The Bertz CT molecular complexity index is 747. The molecule has 0 amide bonds. The molecule has 5 nitrogen and oxygen atoms in total. The largest absolute Gasteiger partial charge is 0.506 e. The Morgan fingerprint density at radius 2 is 1.61 bits per heavy atom. The topological polar surface area (TPSA) is 56.2 Å². The fourth-order valence-electron chi connectivity index (χ4n) is 3.50. The van der Waals surface area contributed by atoms with Crippen LogP contribution in [-0.4, -0.2) is 60.5 Å². The van der Waals surface area contributed by atoms with Crippen LogP contribution < -0.4 is 9.64 Å². The lowest BCUT2D eigenvalue weighted by Gasteiger charge is -2.37. The minimum absolute atomic E-state index is 0.122. The van der Waals surface area contributed by atoms with Gasteiger partial charge in [0.2, 0.25) is 0 Å². The van der Waals surface area contributed by atoms with Gasteiger partial charge in [-0.25, -0.2) is 0 Å². The summed E-state index contributed by atoms with van der Waals surface area (Å²) in [7, 11) is 0. The molecule has 0 spiro atoms. The van der Waals surface area contributed by atoms with Gasteiger partial charge in [0.1, 0.15) is 24.2 Å². The zero-order valence-corrected chi connectivity index (χ0v) is 17.1. The third kappa shape index (κ3) is 5.40. The Labute approximate surface area is 168 Å². The van der Waals surface area contributed by atoms with Gasteiger partial charge >= 0.3 is 0 Å². The summed E-state index contributed by atoms with van der Waals surface area (Å²) in [5.74, 6) is 1.11. The number of nitrogens with zero attached hydrogens (tertiary/aromatic N) is 2. The lowest BCUT2D eigenvalue weighted by molar-refractivity contribution is 0.0662. The molecule has 1 atom stereocenters. The van der Waals surface area contributed by atoms with Crippen molar-refractivity contribution in [3.05, 3.63) is 54.1 Å². The van der Waals surface area contributed by atoms with Gasteiger partial charge in [-0.2, -0.15) is 0 Å². The van der Waals surface area contributed by atoms with Crippen LogP contribution in [0.3, 0.4) is 0 Å². The first-order valence-corrected chi connectivity index (χ1v) is 9.99. The Kier molecular flexibility index (Phi) is 6.47. The molecular formula is C23H32N2O3. The third-order valence-electron chi connectivity index (χ3n) is 5.23. The molecule has 0 aliphatic carbocycles. The van der Waals surface area contributed by atoms with Crippen LogP contribution in [-0.2, 0) is 5.41 Å². The summed E-state index contributed by atoms with van der Waals surface area (Å²) < 4.78 is 5.76. The molecule has 2 aromatic carbocycles. The second kappa shape index (κ2) is 8.84. The van der Waals surface area contributed by atoms with E-state index in [0.29, 0.717) is 12.3 Å². The Morgan fingerprint density at radius 1 is 0.964 bits per heavy atom. The highest BCUT2D eigenvalue weighted by Gasteiger charge is 2.21. The quantitative estimate of drug-likeness (QED) is 0.801. The van der Waals surface area contributed by atoms with Gasteiger partial charge in [0.25, 0.3) is 0 Å². The van der Waals surface area contributed by atoms with Crippen LogP contribution in [0.1, 0.15) is 26.3 Å². The van der Waals surface area contributed by atoms with Crippen molar-refractivity contribution in [2.24, 2.45) is 0 Å². The van der Waals surface area contributed by atoms with Crippen LogP contribution in [0, 0.1) is 0 Å². The predicted octanol–water partition coefficient (Wildman–Crippen LogP) is 3.25. The number of β-amino-alcohol motifs (C(OH)–C–C–N with tert-alkyl or cyclic N) is 1. The second-order valence-electron chi connectivity index (χ2n) is 8.52. The maximum Gasteiger partial charge on any atom is 0.138 e. The number of aliphatic hydroxyl groups excluding tert-OH is 1. The van der Waals surface area contributed by atoms with Crippen molar-refractivity contribution in [3.63, 3.8) is 0 Å². The van der Waals surface area contributed by atoms with Gasteiger partial charge in [-0.05, 0) is 35.2 Å². The number of phenols is 1. The fourth-order valence-corrected chi connectivity index (χ4v) is 3.50. The first-order chi connectivity index (χ1) is 13.3. The molecule has 5 heteroatoms. The molecule has 2 N–H and O–H groups in total.